The summed E-state index contributed by atoms with van der Waals surface area (Å²) >= 11 is 0. The second kappa shape index (κ2) is 4.96. The van der Waals surface area contributed by atoms with Crippen molar-refractivity contribution in [3.05, 3.63) is 17.0 Å². The molecule has 1 atom stereocenters. The van der Waals surface area contributed by atoms with Crippen LogP contribution in [0.15, 0.2) is 0 Å². The van der Waals surface area contributed by atoms with E-state index in [0.717, 1.165) is 30.8 Å². The molecule has 1 saturated heterocycles. The first-order chi connectivity index (χ1) is 9.16. The standard InChI is InChI=1S/C14H22N4O/c1-9-14(10(2)17-16-9)12-4-3-7-18(12)13(19)8-15-11-5-6-11/h11-12,15H,3-8H2,1-2H3,(H,16,17)/t12-/m0/s1. The van der Waals surface area contributed by atoms with Gasteiger partial charge in [-0.15, -0.1) is 0 Å². The molecule has 19 heavy (non-hydrogen) atoms. The molecular weight excluding hydrogens is 240 g/mol. The van der Waals surface area contributed by atoms with Crippen LogP contribution in [0.1, 0.15) is 48.7 Å². The third-order valence-electron chi connectivity index (χ3n) is 4.21. The molecule has 2 heterocycles. The average molecular weight is 262 g/mol. The molecule has 0 radical (unpaired) electrons. The molecule has 1 aliphatic carbocycles. The number of aryl methyl sites for hydroxylation is 2. The van der Waals surface area contributed by atoms with E-state index in [4.69, 9.17) is 0 Å². The van der Waals surface area contributed by atoms with Gasteiger partial charge in [0, 0.05) is 23.8 Å². The third-order valence-corrected chi connectivity index (χ3v) is 4.21. The van der Waals surface area contributed by atoms with Crippen LogP contribution in [0.2, 0.25) is 0 Å². The van der Waals surface area contributed by atoms with E-state index in [1.165, 1.54) is 18.4 Å². The van der Waals surface area contributed by atoms with Gasteiger partial charge in [0.25, 0.3) is 0 Å². The summed E-state index contributed by atoms with van der Waals surface area (Å²) in [7, 11) is 0. The molecule has 1 saturated carbocycles. The molecule has 1 aliphatic heterocycles. The highest BCUT2D eigenvalue weighted by molar-refractivity contribution is 5.79. The molecule has 1 aromatic heterocycles. The van der Waals surface area contributed by atoms with Crippen molar-refractivity contribution in [1.82, 2.24) is 20.4 Å². The Hall–Kier alpha value is -1.36. The van der Waals surface area contributed by atoms with Gasteiger partial charge < -0.3 is 10.2 Å². The van der Waals surface area contributed by atoms with Crippen molar-refractivity contribution in [3.63, 3.8) is 0 Å². The van der Waals surface area contributed by atoms with Crippen LogP contribution in [0.25, 0.3) is 0 Å². The summed E-state index contributed by atoms with van der Waals surface area (Å²) in [5, 5.41) is 10.6. The molecular formula is C14H22N4O. The lowest BCUT2D eigenvalue weighted by Gasteiger charge is -2.25. The van der Waals surface area contributed by atoms with Crippen molar-refractivity contribution >= 4 is 5.91 Å². The zero-order valence-corrected chi connectivity index (χ0v) is 11.7. The third kappa shape index (κ3) is 2.52. The number of carbonyl (C=O) groups is 1. The van der Waals surface area contributed by atoms with Gasteiger partial charge in [-0.2, -0.15) is 5.10 Å². The van der Waals surface area contributed by atoms with E-state index in [1.807, 2.05) is 18.7 Å². The maximum atomic E-state index is 12.3. The molecule has 0 unspecified atom stereocenters. The second-order valence-electron chi connectivity index (χ2n) is 5.75. The molecule has 0 spiro atoms. The van der Waals surface area contributed by atoms with Crippen LogP contribution in [-0.4, -0.2) is 40.1 Å². The topological polar surface area (TPSA) is 61.0 Å². The Bertz CT molecular complexity index is 458. The fraction of sp³-hybridized carbons (Fsp3) is 0.714. The fourth-order valence-electron chi connectivity index (χ4n) is 3.04. The zero-order valence-electron chi connectivity index (χ0n) is 11.7. The van der Waals surface area contributed by atoms with Crippen LogP contribution in [0.4, 0.5) is 0 Å². The average Bonchev–Trinajstić information content (AvgIpc) is 3.00. The molecule has 104 valence electrons. The SMILES string of the molecule is Cc1n[nH]c(C)c1[C@@H]1CCCN1C(=O)CNC1CC1. The molecule has 2 aliphatic rings. The van der Waals surface area contributed by atoms with E-state index >= 15 is 0 Å². The van der Waals surface area contributed by atoms with Crippen LogP contribution in [0, 0.1) is 13.8 Å². The number of carbonyl (C=O) groups excluding carboxylic acids is 1. The van der Waals surface area contributed by atoms with Crippen molar-refractivity contribution < 1.29 is 4.79 Å². The Morgan fingerprint density at radius 1 is 1.42 bits per heavy atom. The van der Waals surface area contributed by atoms with E-state index < -0.39 is 0 Å². The monoisotopic (exact) mass is 262 g/mol. The van der Waals surface area contributed by atoms with E-state index in [9.17, 15) is 4.79 Å². The molecule has 5 nitrogen and oxygen atoms in total. The highest BCUT2D eigenvalue weighted by atomic mass is 16.2. The summed E-state index contributed by atoms with van der Waals surface area (Å²) in [6, 6.07) is 0.801. The number of aromatic nitrogens is 2. The number of likely N-dealkylation sites (tertiary alicyclic amines) is 1. The van der Waals surface area contributed by atoms with Crippen LogP contribution in [0.3, 0.4) is 0 Å². The van der Waals surface area contributed by atoms with E-state index in [0.29, 0.717) is 12.6 Å². The summed E-state index contributed by atoms with van der Waals surface area (Å²) < 4.78 is 0. The van der Waals surface area contributed by atoms with Gasteiger partial charge in [-0.1, -0.05) is 0 Å². The Labute approximate surface area is 113 Å². The summed E-state index contributed by atoms with van der Waals surface area (Å²) in [6.45, 7) is 5.41. The van der Waals surface area contributed by atoms with Crippen LogP contribution in [-0.2, 0) is 4.79 Å². The minimum Gasteiger partial charge on any atom is -0.334 e. The Morgan fingerprint density at radius 2 is 2.21 bits per heavy atom. The Kier molecular flexibility index (Phi) is 3.31. The first-order valence-electron chi connectivity index (χ1n) is 7.21. The molecule has 0 bridgehead atoms. The van der Waals surface area contributed by atoms with Gasteiger partial charge in [0.1, 0.15) is 0 Å². The predicted molar refractivity (Wildman–Crippen MR) is 72.8 cm³/mol. The minimum absolute atomic E-state index is 0.215. The largest absolute Gasteiger partial charge is 0.334 e. The number of H-pyrrole nitrogens is 1. The van der Waals surface area contributed by atoms with E-state index in [2.05, 4.69) is 15.5 Å². The van der Waals surface area contributed by atoms with Crippen molar-refractivity contribution in [1.29, 1.82) is 0 Å². The quantitative estimate of drug-likeness (QED) is 0.863. The number of amides is 1. The zero-order chi connectivity index (χ0) is 13.4. The summed E-state index contributed by atoms with van der Waals surface area (Å²) in [5.74, 6) is 0.231. The van der Waals surface area contributed by atoms with Crippen molar-refractivity contribution in [3.8, 4) is 0 Å². The molecule has 5 heteroatoms. The molecule has 1 amide bonds. The lowest BCUT2D eigenvalue weighted by Crippen LogP contribution is -2.38. The first kappa shape index (κ1) is 12.7. The summed E-state index contributed by atoms with van der Waals surface area (Å²) in [5.41, 5.74) is 3.34. The minimum atomic E-state index is 0.215. The van der Waals surface area contributed by atoms with Gasteiger partial charge in [-0.25, -0.2) is 0 Å². The van der Waals surface area contributed by atoms with Crippen molar-refractivity contribution in [2.75, 3.05) is 13.1 Å². The summed E-state index contributed by atoms with van der Waals surface area (Å²) in [4.78, 5) is 14.4. The van der Waals surface area contributed by atoms with Crippen molar-refractivity contribution in [2.45, 2.75) is 51.6 Å². The van der Waals surface area contributed by atoms with Crippen molar-refractivity contribution in [2.24, 2.45) is 0 Å². The van der Waals surface area contributed by atoms with Gasteiger partial charge in [-0.05, 0) is 39.5 Å². The predicted octanol–water partition coefficient (Wildman–Crippen LogP) is 1.44. The highest BCUT2D eigenvalue weighted by Crippen LogP contribution is 2.34. The Morgan fingerprint density at radius 3 is 2.84 bits per heavy atom. The number of nitrogens with one attached hydrogen (secondary N) is 2. The molecule has 2 fully saturated rings. The Balaban J connectivity index is 1.71. The number of hydrogen-bond acceptors (Lipinski definition) is 3. The first-order valence-corrected chi connectivity index (χ1v) is 7.21. The van der Waals surface area contributed by atoms with E-state index in [-0.39, 0.29) is 11.9 Å². The lowest BCUT2D eigenvalue weighted by atomic mass is 10.0. The second-order valence-corrected chi connectivity index (χ2v) is 5.75. The van der Waals surface area contributed by atoms with Crippen LogP contribution < -0.4 is 5.32 Å². The van der Waals surface area contributed by atoms with Gasteiger partial charge in [-0.3, -0.25) is 9.89 Å². The number of rotatable bonds is 4. The molecule has 0 aromatic carbocycles. The van der Waals surface area contributed by atoms with Gasteiger partial charge in [0.15, 0.2) is 0 Å². The normalized spacial score (nSPS) is 23.1. The lowest BCUT2D eigenvalue weighted by molar-refractivity contribution is -0.131. The molecule has 2 N–H and O–H groups in total. The van der Waals surface area contributed by atoms with Gasteiger partial charge in [0.2, 0.25) is 5.91 Å². The number of hydrogen-bond donors (Lipinski definition) is 2. The van der Waals surface area contributed by atoms with Crippen LogP contribution in [0.5, 0.6) is 0 Å². The molecule has 1 aromatic rings. The fourth-order valence-corrected chi connectivity index (χ4v) is 3.04. The van der Waals surface area contributed by atoms with Gasteiger partial charge >= 0.3 is 0 Å². The maximum absolute atomic E-state index is 12.3. The van der Waals surface area contributed by atoms with Gasteiger partial charge in [0.05, 0.1) is 18.3 Å². The smallest absolute Gasteiger partial charge is 0.237 e. The highest BCUT2D eigenvalue weighted by Gasteiger charge is 2.33. The summed E-state index contributed by atoms with van der Waals surface area (Å²) in [6.07, 6.45) is 4.58. The van der Waals surface area contributed by atoms with Crippen LogP contribution >= 0.6 is 0 Å². The number of nitrogens with zero attached hydrogens (tertiary/aromatic N) is 2. The maximum Gasteiger partial charge on any atom is 0.237 e. The number of aromatic amines is 1. The van der Waals surface area contributed by atoms with E-state index in [1.54, 1.807) is 0 Å². The molecule has 3 rings (SSSR count).